The first-order valence-electron chi connectivity index (χ1n) is 14.5. The molecule has 0 bridgehead atoms. The highest BCUT2D eigenvalue weighted by Crippen LogP contribution is 2.35. The molecule has 0 spiro atoms. The van der Waals surface area contributed by atoms with Crippen LogP contribution in [0.1, 0.15) is 53.1 Å². The van der Waals surface area contributed by atoms with Crippen molar-refractivity contribution in [3.05, 3.63) is 179 Å². The van der Waals surface area contributed by atoms with Crippen LogP contribution in [-0.2, 0) is 6.42 Å². The third-order valence-electron chi connectivity index (χ3n) is 7.44. The SMILES string of the molecule is C=CC.Cc1ccc(C2=CC=C(C=C(Cc3ccccc3)c3cc4c(c5ccccc35)C=CCC=C4)C=CC2)cc1. The van der Waals surface area contributed by atoms with E-state index in [0.29, 0.717) is 0 Å². The molecule has 2 aliphatic carbocycles. The summed E-state index contributed by atoms with van der Waals surface area (Å²) in [6.07, 6.45) is 25.2. The lowest BCUT2D eigenvalue weighted by Crippen LogP contribution is -1.96. The zero-order valence-corrected chi connectivity index (χ0v) is 24.2. The first-order valence-corrected chi connectivity index (χ1v) is 14.5. The average Bonchev–Trinajstić information content (AvgIpc) is 3.39. The van der Waals surface area contributed by atoms with Crippen molar-refractivity contribution in [2.75, 3.05) is 0 Å². The molecule has 0 fully saturated rings. The summed E-state index contributed by atoms with van der Waals surface area (Å²) in [6, 6.07) is 30.9. The van der Waals surface area contributed by atoms with Gasteiger partial charge < -0.3 is 0 Å². The van der Waals surface area contributed by atoms with Crippen LogP contribution in [0, 0.1) is 6.92 Å². The lowest BCUT2D eigenvalue weighted by atomic mass is 9.88. The second kappa shape index (κ2) is 13.6. The highest BCUT2D eigenvalue weighted by molar-refractivity contribution is 6.02. The summed E-state index contributed by atoms with van der Waals surface area (Å²) in [5.74, 6) is 0. The molecule has 4 aromatic rings. The minimum atomic E-state index is 0.878. The summed E-state index contributed by atoms with van der Waals surface area (Å²) in [4.78, 5) is 0. The van der Waals surface area contributed by atoms with Crippen molar-refractivity contribution in [1.29, 1.82) is 0 Å². The Hall–Kier alpha value is -4.68. The first-order chi connectivity index (χ1) is 20.2. The lowest BCUT2D eigenvalue weighted by Gasteiger charge is -2.16. The molecule has 0 aromatic heterocycles. The van der Waals surface area contributed by atoms with Crippen LogP contribution in [-0.4, -0.2) is 0 Å². The van der Waals surface area contributed by atoms with E-state index in [1.165, 1.54) is 60.9 Å². The first kappa shape index (κ1) is 27.9. The van der Waals surface area contributed by atoms with Gasteiger partial charge in [0.1, 0.15) is 0 Å². The fourth-order valence-electron chi connectivity index (χ4n) is 5.43. The van der Waals surface area contributed by atoms with Crippen LogP contribution < -0.4 is 0 Å². The number of benzene rings is 4. The highest BCUT2D eigenvalue weighted by Gasteiger charge is 2.14. The van der Waals surface area contributed by atoms with Gasteiger partial charge in [-0.3, -0.25) is 0 Å². The van der Waals surface area contributed by atoms with Crippen molar-refractivity contribution in [3.8, 4) is 0 Å². The molecule has 4 aromatic carbocycles. The Balaban J connectivity index is 0.00000108. The molecule has 0 unspecified atom stereocenters. The molecule has 202 valence electrons. The predicted molar refractivity (Wildman–Crippen MR) is 182 cm³/mol. The molecular formula is C41H38. The van der Waals surface area contributed by atoms with Crippen molar-refractivity contribution >= 4 is 34.1 Å². The standard InChI is InChI=1S/C38H32.C3H6/c1-28-19-22-32(23-20-28)31-15-10-13-30(21-24-31)26-34(25-29-11-4-2-5-12-29)38-27-33-14-6-3-7-16-35(33)36-17-8-9-18-37(36)38;1-3-2/h2,4-14,16-24,26-27H,3,15,25H2,1H3;3H,1H2,2H3. The normalized spacial score (nSPS) is 14.2. The van der Waals surface area contributed by atoms with Gasteiger partial charge in [-0.15, -0.1) is 6.58 Å². The average molecular weight is 531 g/mol. The maximum atomic E-state index is 3.36. The van der Waals surface area contributed by atoms with Crippen LogP contribution in [0.3, 0.4) is 0 Å². The molecular weight excluding hydrogens is 492 g/mol. The van der Waals surface area contributed by atoms with Gasteiger partial charge in [0.25, 0.3) is 0 Å². The van der Waals surface area contributed by atoms with Crippen molar-refractivity contribution in [1.82, 2.24) is 0 Å². The van der Waals surface area contributed by atoms with E-state index in [1.54, 1.807) is 6.08 Å². The maximum absolute atomic E-state index is 3.36. The molecule has 0 aliphatic heterocycles. The molecule has 6 rings (SSSR count). The largest absolute Gasteiger partial charge is 0.103 e. The Bertz CT molecular complexity index is 1700. The minimum Gasteiger partial charge on any atom is -0.103 e. The number of rotatable bonds is 5. The molecule has 0 atom stereocenters. The number of aryl methyl sites for hydroxylation is 1. The maximum Gasteiger partial charge on any atom is -0.00194 e. The fourth-order valence-corrected chi connectivity index (χ4v) is 5.43. The lowest BCUT2D eigenvalue weighted by molar-refractivity contribution is 1.28. The quantitative estimate of drug-likeness (QED) is 0.225. The molecule has 0 saturated carbocycles. The summed E-state index contributed by atoms with van der Waals surface area (Å²) in [7, 11) is 0. The van der Waals surface area contributed by atoms with E-state index in [1.807, 2.05) is 6.92 Å². The molecule has 0 heterocycles. The Morgan fingerprint density at radius 3 is 2.27 bits per heavy atom. The van der Waals surface area contributed by atoms with Crippen molar-refractivity contribution < 1.29 is 0 Å². The van der Waals surface area contributed by atoms with Crippen LogP contribution in [0.25, 0.3) is 34.1 Å². The number of fused-ring (bicyclic) bond motifs is 3. The van der Waals surface area contributed by atoms with Crippen molar-refractivity contribution in [2.24, 2.45) is 0 Å². The Kier molecular flexibility index (Phi) is 9.24. The van der Waals surface area contributed by atoms with Gasteiger partial charge in [0.15, 0.2) is 0 Å². The molecule has 0 saturated heterocycles. The van der Waals surface area contributed by atoms with Crippen LogP contribution in [0.5, 0.6) is 0 Å². The number of hydrogen-bond acceptors (Lipinski definition) is 0. The van der Waals surface area contributed by atoms with E-state index in [4.69, 9.17) is 0 Å². The monoisotopic (exact) mass is 530 g/mol. The van der Waals surface area contributed by atoms with E-state index < -0.39 is 0 Å². The van der Waals surface area contributed by atoms with E-state index >= 15 is 0 Å². The van der Waals surface area contributed by atoms with Crippen LogP contribution in [0.15, 0.2) is 146 Å². The van der Waals surface area contributed by atoms with Gasteiger partial charge in [-0.2, -0.15) is 0 Å². The smallest absolute Gasteiger partial charge is 0.00194 e. The molecule has 0 nitrogen and oxygen atoms in total. The minimum absolute atomic E-state index is 0.878. The molecule has 0 N–H and O–H groups in total. The summed E-state index contributed by atoms with van der Waals surface area (Å²) >= 11 is 0. The highest BCUT2D eigenvalue weighted by atomic mass is 14.2. The van der Waals surface area contributed by atoms with Crippen LogP contribution in [0.2, 0.25) is 0 Å². The Morgan fingerprint density at radius 2 is 1.49 bits per heavy atom. The van der Waals surface area contributed by atoms with E-state index in [2.05, 4.69) is 153 Å². The Morgan fingerprint density at radius 1 is 0.780 bits per heavy atom. The van der Waals surface area contributed by atoms with Gasteiger partial charge in [0, 0.05) is 0 Å². The molecule has 0 heteroatoms. The molecule has 0 radical (unpaired) electrons. The number of allylic oxidation sites excluding steroid dienone is 11. The molecule has 2 aliphatic rings. The van der Waals surface area contributed by atoms with E-state index in [0.717, 1.165) is 19.3 Å². The second-order valence-electron chi connectivity index (χ2n) is 10.6. The van der Waals surface area contributed by atoms with Gasteiger partial charge in [-0.1, -0.05) is 145 Å². The van der Waals surface area contributed by atoms with Crippen molar-refractivity contribution in [3.63, 3.8) is 0 Å². The zero-order chi connectivity index (χ0) is 28.4. The van der Waals surface area contributed by atoms with Crippen molar-refractivity contribution in [2.45, 2.75) is 33.1 Å². The van der Waals surface area contributed by atoms with Gasteiger partial charge in [-0.05, 0) is 94.5 Å². The fraction of sp³-hybridized carbons (Fsp3) is 0.122. The second-order valence-corrected chi connectivity index (χ2v) is 10.6. The topological polar surface area (TPSA) is 0 Å². The molecule has 0 amide bonds. The van der Waals surface area contributed by atoms with Gasteiger partial charge in [-0.25, -0.2) is 0 Å². The van der Waals surface area contributed by atoms with Crippen LogP contribution in [0.4, 0.5) is 0 Å². The predicted octanol–water partition coefficient (Wildman–Crippen LogP) is 11.4. The molecule has 41 heavy (non-hydrogen) atoms. The number of hydrogen-bond donors (Lipinski definition) is 0. The van der Waals surface area contributed by atoms with E-state index in [-0.39, 0.29) is 0 Å². The van der Waals surface area contributed by atoms with E-state index in [9.17, 15) is 0 Å². The third-order valence-corrected chi connectivity index (χ3v) is 7.44. The summed E-state index contributed by atoms with van der Waals surface area (Å²) in [5.41, 5.74) is 11.7. The van der Waals surface area contributed by atoms with Gasteiger partial charge >= 0.3 is 0 Å². The van der Waals surface area contributed by atoms with Crippen LogP contribution >= 0.6 is 0 Å². The summed E-state index contributed by atoms with van der Waals surface area (Å²) in [6.45, 7) is 7.39. The summed E-state index contributed by atoms with van der Waals surface area (Å²) < 4.78 is 0. The van der Waals surface area contributed by atoms with Gasteiger partial charge in [0.2, 0.25) is 0 Å². The zero-order valence-electron chi connectivity index (χ0n) is 24.2. The summed E-state index contributed by atoms with van der Waals surface area (Å²) in [5, 5.41) is 2.62. The third kappa shape index (κ3) is 6.91. The Labute approximate surface area is 245 Å². The van der Waals surface area contributed by atoms with Gasteiger partial charge in [0.05, 0.1) is 0 Å².